The Morgan fingerprint density at radius 2 is 1.93 bits per heavy atom. The maximum absolute atomic E-state index is 12.3. The summed E-state index contributed by atoms with van der Waals surface area (Å²) in [5.41, 5.74) is 1.45. The highest BCUT2D eigenvalue weighted by Gasteiger charge is 2.22. The van der Waals surface area contributed by atoms with Crippen molar-refractivity contribution in [3.8, 4) is 0 Å². The summed E-state index contributed by atoms with van der Waals surface area (Å²) in [7, 11) is 0. The minimum atomic E-state index is -0.479. The average Bonchev–Trinajstić information content (AvgIpc) is 3.14. The van der Waals surface area contributed by atoms with E-state index in [4.69, 9.17) is 34.8 Å². The van der Waals surface area contributed by atoms with Gasteiger partial charge >= 0.3 is 5.69 Å². The van der Waals surface area contributed by atoms with Crippen LogP contribution in [-0.2, 0) is 17.9 Å². The molecule has 0 aliphatic rings. The van der Waals surface area contributed by atoms with Crippen LogP contribution in [0.2, 0.25) is 15.1 Å². The van der Waals surface area contributed by atoms with Crippen molar-refractivity contribution in [1.29, 1.82) is 0 Å². The molecule has 0 radical (unpaired) electrons. The molecule has 0 atom stereocenters. The van der Waals surface area contributed by atoms with Gasteiger partial charge in [-0.05, 0) is 31.5 Å². The Hall–Kier alpha value is -2.62. The summed E-state index contributed by atoms with van der Waals surface area (Å²) < 4.78 is 2.99. The van der Waals surface area contributed by atoms with Crippen LogP contribution in [-0.4, -0.2) is 30.4 Å². The Labute approximate surface area is 186 Å². The average molecular weight is 472 g/mol. The third kappa shape index (κ3) is 4.92. The number of hydrogen-bond acceptors (Lipinski definition) is 5. The van der Waals surface area contributed by atoms with Crippen molar-refractivity contribution in [3.63, 3.8) is 0 Å². The van der Waals surface area contributed by atoms with Gasteiger partial charge in [-0.3, -0.25) is 24.3 Å². The minimum absolute atomic E-state index is 0.0435. The number of carbonyl (C=O) groups is 1. The standard InChI is InChI=1S/C18H17Cl3N6O3/c1-10-17(27(29)30)11(2)26(23-10)6-5-16(28)22-18-15(21)9-25(24-18)8-12-3-4-13(19)7-14(12)20/h3-4,7,9H,5-6,8H2,1-2H3,(H,22,24,28). The molecule has 0 saturated carbocycles. The van der Waals surface area contributed by atoms with Crippen LogP contribution < -0.4 is 5.32 Å². The normalized spacial score (nSPS) is 11.0. The molecule has 0 spiro atoms. The highest BCUT2D eigenvalue weighted by atomic mass is 35.5. The zero-order valence-corrected chi connectivity index (χ0v) is 18.3. The third-order valence-corrected chi connectivity index (χ3v) is 5.26. The number of rotatable bonds is 7. The maximum atomic E-state index is 12.3. The molecule has 3 aromatic rings. The van der Waals surface area contributed by atoms with Crippen molar-refractivity contribution in [1.82, 2.24) is 19.6 Å². The van der Waals surface area contributed by atoms with Crippen LogP contribution >= 0.6 is 34.8 Å². The molecule has 0 bridgehead atoms. The first-order valence-electron chi connectivity index (χ1n) is 8.81. The number of aryl methyl sites for hydroxylation is 2. The van der Waals surface area contributed by atoms with E-state index in [0.29, 0.717) is 28.0 Å². The lowest BCUT2D eigenvalue weighted by Crippen LogP contribution is -2.16. The fourth-order valence-corrected chi connectivity index (χ4v) is 3.62. The number of anilines is 1. The molecule has 0 aliphatic carbocycles. The summed E-state index contributed by atoms with van der Waals surface area (Å²) in [6.07, 6.45) is 1.62. The molecule has 2 aromatic heterocycles. The molecule has 3 rings (SSSR count). The summed E-state index contributed by atoms with van der Waals surface area (Å²) >= 11 is 18.3. The zero-order chi connectivity index (χ0) is 22.0. The van der Waals surface area contributed by atoms with Crippen molar-refractivity contribution >= 4 is 52.2 Å². The summed E-state index contributed by atoms with van der Waals surface area (Å²) in [6, 6.07) is 5.14. The smallest absolute Gasteiger partial charge is 0.308 e. The van der Waals surface area contributed by atoms with Crippen molar-refractivity contribution in [2.75, 3.05) is 5.32 Å². The van der Waals surface area contributed by atoms with Gasteiger partial charge in [0, 0.05) is 22.7 Å². The number of hydrogen-bond donors (Lipinski definition) is 1. The van der Waals surface area contributed by atoms with Crippen LogP contribution in [0.4, 0.5) is 11.5 Å². The van der Waals surface area contributed by atoms with Gasteiger partial charge in [-0.25, -0.2) is 0 Å². The van der Waals surface area contributed by atoms with Crippen LogP contribution in [0.15, 0.2) is 24.4 Å². The summed E-state index contributed by atoms with van der Waals surface area (Å²) in [5.74, 6) is -0.131. The Morgan fingerprint density at radius 1 is 1.20 bits per heavy atom. The maximum Gasteiger partial charge on any atom is 0.312 e. The second-order valence-electron chi connectivity index (χ2n) is 6.56. The lowest BCUT2D eigenvalue weighted by Gasteiger charge is -2.06. The molecule has 158 valence electrons. The third-order valence-electron chi connectivity index (χ3n) is 4.40. The van der Waals surface area contributed by atoms with E-state index in [2.05, 4.69) is 15.5 Å². The van der Waals surface area contributed by atoms with E-state index in [-0.39, 0.29) is 35.4 Å². The molecular weight excluding hydrogens is 455 g/mol. The lowest BCUT2D eigenvalue weighted by molar-refractivity contribution is -0.386. The summed E-state index contributed by atoms with van der Waals surface area (Å²) in [5, 5.41) is 23.4. The fourth-order valence-electron chi connectivity index (χ4n) is 2.96. The van der Waals surface area contributed by atoms with Crippen LogP contribution in [0, 0.1) is 24.0 Å². The molecule has 12 heteroatoms. The van der Waals surface area contributed by atoms with E-state index in [1.807, 2.05) is 0 Å². The topological polar surface area (TPSA) is 108 Å². The molecule has 0 saturated heterocycles. The van der Waals surface area contributed by atoms with E-state index in [1.54, 1.807) is 42.9 Å². The number of halogens is 3. The molecule has 9 nitrogen and oxygen atoms in total. The van der Waals surface area contributed by atoms with E-state index < -0.39 is 4.92 Å². The molecule has 1 amide bonds. The van der Waals surface area contributed by atoms with Gasteiger partial charge in [0.15, 0.2) is 5.82 Å². The highest BCUT2D eigenvalue weighted by molar-refractivity contribution is 6.35. The number of benzene rings is 1. The predicted molar refractivity (Wildman–Crippen MR) is 114 cm³/mol. The van der Waals surface area contributed by atoms with E-state index in [9.17, 15) is 14.9 Å². The van der Waals surface area contributed by atoms with Gasteiger partial charge in [0.1, 0.15) is 16.4 Å². The van der Waals surface area contributed by atoms with Crippen LogP contribution in [0.1, 0.15) is 23.4 Å². The Kier molecular flexibility index (Phi) is 6.64. The highest BCUT2D eigenvalue weighted by Crippen LogP contribution is 2.25. The fraction of sp³-hybridized carbons (Fsp3) is 0.278. The summed E-state index contributed by atoms with van der Waals surface area (Å²) in [4.78, 5) is 22.9. The van der Waals surface area contributed by atoms with E-state index in [0.717, 1.165) is 5.56 Å². The zero-order valence-electron chi connectivity index (χ0n) is 16.0. The second kappa shape index (κ2) is 9.03. The van der Waals surface area contributed by atoms with E-state index >= 15 is 0 Å². The number of amides is 1. The van der Waals surface area contributed by atoms with Gasteiger partial charge in [-0.15, -0.1) is 0 Å². The van der Waals surface area contributed by atoms with Crippen LogP contribution in [0.3, 0.4) is 0 Å². The Balaban J connectivity index is 1.63. The molecule has 0 aliphatic heterocycles. The Bertz CT molecular complexity index is 1120. The molecular formula is C18H17Cl3N6O3. The predicted octanol–water partition coefficient (Wildman–Crippen LogP) is 4.64. The molecule has 2 heterocycles. The van der Waals surface area contributed by atoms with Crippen LogP contribution in [0.5, 0.6) is 0 Å². The number of aromatic nitrogens is 4. The number of carbonyl (C=O) groups excluding carboxylic acids is 1. The first-order valence-corrected chi connectivity index (χ1v) is 9.94. The molecule has 1 aromatic carbocycles. The van der Waals surface area contributed by atoms with Gasteiger partial charge in [0.25, 0.3) is 0 Å². The van der Waals surface area contributed by atoms with Gasteiger partial charge in [-0.1, -0.05) is 40.9 Å². The summed E-state index contributed by atoms with van der Waals surface area (Å²) in [6.45, 7) is 3.68. The van der Waals surface area contributed by atoms with Crippen molar-refractivity contribution in [3.05, 3.63) is 66.5 Å². The quantitative estimate of drug-likeness (QED) is 0.399. The first kappa shape index (κ1) is 22.1. The first-order chi connectivity index (χ1) is 14.2. The molecule has 1 N–H and O–H groups in total. The number of nitro groups is 1. The van der Waals surface area contributed by atoms with Gasteiger partial charge < -0.3 is 5.32 Å². The van der Waals surface area contributed by atoms with Crippen molar-refractivity contribution in [2.45, 2.75) is 33.4 Å². The van der Waals surface area contributed by atoms with Gasteiger partial charge in [0.05, 0.1) is 18.0 Å². The van der Waals surface area contributed by atoms with Crippen molar-refractivity contribution < 1.29 is 9.72 Å². The van der Waals surface area contributed by atoms with Crippen LogP contribution in [0.25, 0.3) is 0 Å². The molecule has 0 fully saturated rings. The van der Waals surface area contributed by atoms with Gasteiger partial charge in [-0.2, -0.15) is 10.2 Å². The van der Waals surface area contributed by atoms with Crippen molar-refractivity contribution in [2.24, 2.45) is 0 Å². The SMILES string of the molecule is Cc1nn(CCC(=O)Nc2nn(Cc3ccc(Cl)cc3Cl)cc2Cl)c(C)c1[N+](=O)[O-]. The minimum Gasteiger partial charge on any atom is -0.308 e. The largest absolute Gasteiger partial charge is 0.312 e. The molecule has 30 heavy (non-hydrogen) atoms. The van der Waals surface area contributed by atoms with E-state index in [1.165, 1.54) is 4.68 Å². The molecule has 0 unspecified atom stereocenters. The Morgan fingerprint density at radius 3 is 2.57 bits per heavy atom. The van der Waals surface area contributed by atoms with Gasteiger partial charge in [0.2, 0.25) is 5.91 Å². The number of nitrogens with one attached hydrogen (secondary N) is 1. The number of nitrogens with zero attached hydrogens (tertiary/aromatic N) is 5. The lowest BCUT2D eigenvalue weighted by atomic mass is 10.2. The monoisotopic (exact) mass is 470 g/mol. The second-order valence-corrected chi connectivity index (χ2v) is 7.81.